The van der Waals surface area contributed by atoms with Crippen LogP contribution in [0.25, 0.3) is 11.1 Å². The number of hydrogen-bond acceptors (Lipinski definition) is 2. The van der Waals surface area contributed by atoms with E-state index in [1.807, 2.05) is 0 Å². The van der Waals surface area contributed by atoms with Crippen LogP contribution in [0.2, 0.25) is 0 Å². The number of hydrogen-bond donors (Lipinski definition) is 0. The van der Waals surface area contributed by atoms with Gasteiger partial charge in [0, 0.05) is 11.5 Å². The second-order valence-electron chi connectivity index (χ2n) is 7.50. The summed E-state index contributed by atoms with van der Waals surface area (Å²) in [5, 5.41) is 0. The predicted octanol–water partition coefficient (Wildman–Crippen LogP) is 6.47. The van der Waals surface area contributed by atoms with Gasteiger partial charge in [0.1, 0.15) is 0 Å². The van der Waals surface area contributed by atoms with Crippen LogP contribution in [-0.4, -0.2) is 13.2 Å². The van der Waals surface area contributed by atoms with Gasteiger partial charge in [-0.1, -0.05) is 69.2 Å². The van der Waals surface area contributed by atoms with Gasteiger partial charge in [0.25, 0.3) is 0 Å². The summed E-state index contributed by atoms with van der Waals surface area (Å²) in [6.07, 6.45) is 5.94. The van der Waals surface area contributed by atoms with E-state index in [1.165, 1.54) is 47.9 Å². The highest BCUT2D eigenvalue weighted by molar-refractivity contribution is 5.67. The molecule has 1 aliphatic heterocycles. The molecule has 0 aliphatic carbocycles. The molecular formula is C24H32O2. The standard InChI is InChI=1S/C24H32O2/c1-4-6-7-8-20-9-11-21(12-10-20)23-14-13-22(15-18(23)3)24-25-16-19(5-2)17-26-24/h9-15,19,24H,4-8,16-17H2,1-3H3. The highest BCUT2D eigenvalue weighted by atomic mass is 16.7. The molecule has 0 N–H and O–H groups in total. The Balaban J connectivity index is 1.67. The zero-order valence-electron chi connectivity index (χ0n) is 16.5. The topological polar surface area (TPSA) is 18.5 Å². The molecule has 140 valence electrons. The molecular weight excluding hydrogens is 320 g/mol. The van der Waals surface area contributed by atoms with Gasteiger partial charge < -0.3 is 9.47 Å². The van der Waals surface area contributed by atoms with Crippen LogP contribution in [-0.2, 0) is 15.9 Å². The van der Waals surface area contributed by atoms with E-state index in [0.717, 1.165) is 25.2 Å². The summed E-state index contributed by atoms with van der Waals surface area (Å²) in [4.78, 5) is 0. The minimum atomic E-state index is -0.216. The Morgan fingerprint density at radius 1 is 0.923 bits per heavy atom. The lowest BCUT2D eigenvalue weighted by atomic mass is 9.96. The van der Waals surface area contributed by atoms with E-state index in [4.69, 9.17) is 9.47 Å². The number of aryl methyl sites for hydroxylation is 2. The first-order chi connectivity index (χ1) is 12.7. The van der Waals surface area contributed by atoms with E-state index < -0.39 is 0 Å². The fourth-order valence-corrected chi connectivity index (χ4v) is 3.56. The summed E-state index contributed by atoms with van der Waals surface area (Å²) in [6, 6.07) is 15.6. The van der Waals surface area contributed by atoms with Crippen LogP contribution in [0.5, 0.6) is 0 Å². The molecule has 26 heavy (non-hydrogen) atoms. The smallest absolute Gasteiger partial charge is 0.183 e. The van der Waals surface area contributed by atoms with Crippen molar-refractivity contribution in [3.63, 3.8) is 0 Å². The molecule has 0 aromatic heterocycles. The molecule has 3 rings (SSSR count). The Morgan fingerprint density at radius 2 is 1.65 bits per heavy atom. The van der Waals surface area contributed by atoms with Gasteiger partial charge in [0.2, 0.25) is 0 Å². The Morgan fingerprint density at radius 3 is 2.27 bits per heavy atom. The maximum Gasteiger partial charge on any atom is 0.183 e. The summed E-state index contributed by atoms with van der Waals surface area (Å²) in [7, 11) is 0. The third-order valence-corrected chi connectivity index (χ3v) is 5.40. The maximum absolute atomic E-state index is 5.91. The first kappa shape index (κ1) is 19.1. The van der Waals surface area contributed by atoms with Crippen molar-refractivity contribution < 1.29 is 9.47 Å². The van der Waals surface area contributed by atoms with Crippen LogP contribution in [0, 0.1) is 12.8 Å². The van der Waals surface area contributed by atoms with Gasteiger partial charge in [-0.3, -0.25) is 0 Å². The van der Waals surface area contributed by atoms with Gasteiger partial charge in [-0.2, -0.15) is 0 Å². The van der Waals surface area contributed by atoms with E-state index >= 15 is 0 Å². The Kier molecular flexibility index (Phi) is 6.87. The van der Waals surface area contributed by atoms with Crippen molar-refractivity contribution >= 4 is 0 Å². The van der Waals surface area contributed by atoms with Crippen molar-refractivity contribution in [1.82, 2.24) is 0 Å². The van der Waals surface area contributed by atoms with Gasteiger partial charge in [-0.25, -0.2) is 0 Å². The zero-order chi connectivity index (χ0) is 18.4. The lowest BCUT2D eigenvalue weighted by Crippen LogP contribution is -2.26. The molecule has 2 aromatic carbocycles. The summed E-state index contributed by atoms with van der Waals surface area (Å²) in [5.74, 6) is 0.530. The third-order valence-electron chi connectivity index (χ3n) is 5.40. The first-order valence-corrected chi connectivity index (χ1v) is 10.1. The van der Waals surface area contributed by atoms with Crippen molar-refractivity contribution in [2.45, 2.75) is 59.2 Å². The monoisotopic (exact) mass is 352 g/mol. The van der Waals surface area contributed by atoms with Gasteiger partial charge in [-0.15, -0.1) is 0 Å². The van der Waals surface area contributed by atoms with Crippen LogP contribution in [0.15, 0.2) is 42.5 Å². The Hall–Kier alpha value is -1.64. The average molecular weight is 353 g/mol. The predicted molar refractivity (Wildman–Crippen MR) is 108 cm³/mol. The summed E-state index contributed by atoms with van der Waals surface area (Å²) >= 11 is 0. The summed E-state index contributed by atoms with van der Waals surface area (Å²) in [6.45, 7) is 8.20. The maximum atomic E-state index is 5.91. The van der Waals surface area contributed by atoms with Gasteiger partial charge in [0.15, 0.2) is 6.29 Å². The average Bonchev–Trinajstić information content (AvgIpc) is 2.69. The fourth-order valence-electron chi connectivity index (χ4n) is 3.56. The van der Waals surface area contributed by atoms with Gasteiger partial charge in [-0.05, 0) is 48.4 Å². The third kappa shape index (κ3) is 4.75. The van der Waals surface area contributed by atoms with Crippen LogP contribution in [0.4, 0.5) is 0 Å². The molecule has 1 heterocycles. The molecule has 0 spiro atoms. The van der Waals surface area contributed by atoms with Crippen molar-refractivity contribution in [1.29, 1.82) is 0 Å². The molecule has 0 amide bonds. The molecule has 2 aromatic rings. The van der Waals surface area contributed by atoms with Crippen molar-refractivity contribution in [2.24, 2.45) is 5.92 Å². The molecule has 1 saturated heterocycles. The summed E-state index contributed by atoms with van der Waals surface area (Å²) in [5.41, 5.74) is 6.40. The van der Waals surface area contributed by atoms with Crippen LogP contribution in [0.1, 0.15) is 62.5 Å². The molecule has 1 fully saturated rings. The minimum Gasteiger partial charge on any atom is -0.348 e. The number of rotatable bonds is 7. The fraction of sp³-hybridized carbons (Fsp3) is 0.500. The Labute approximate surface area is 158 Å². The highest BCUT2D eigenvalue weighted by Crippen LogP contribution is 2.31. The van der Waals surface area contributed by atoms with Gasteiger partial charge in [0.05, 0.1) is 13.2 Å². The van der Waals surface area contributed by atoms with E-state index in [2.05, 4.69) is 63.2 Å². The zero-order valence-corrected chi connectivity index (χ0v) is 16.5. The number of benzene rings is 2. The quantitative estimate of drug-likeness (QED) is 0.532. The van der Waals surface area contributed by atoms with E-state index in [-0.39, 0.29) is 6.29 Å². The molecule has 0 bridgehead atoms. The number of unbranched alkanes of at least 4 members (excludes halogenated alkanes) is 2. The van der Waals surface area contributed by atoms with Crippen LogP contribution in [0.3, 0.4) is 0 Å². The molecule has 0 unspecified atom stereocenters. The number of ether oxygens (including phenoxy) is 2. The van der Waals surface area contributed by atoms with E-state index in [9.17, 15) is 0 Å². The van der Waals surface area contributed by atoms with E-state index in [0.29, 0.717) is 5.92 Å². The van der Waals surface area contributed by atoms with Crippen molar-refractivity contribution in [3.8, 4) is 11.1 Å². The normalized spacial score (nSPS) is 20.3. The molecule has 0 atom stereocenters. The first-order valence-electron chi connectivity index (χ1n) is 10.1. The minimum absolute atomic E-state index is 0.216. The highest BCUT2D eigenvalue weighted by Gasteiger charge is 2.22. The molecule has 1 aliphatic rings. The SMILES string of the molecule is CCCCCc1ccc(-c2ccc(C3OCC(CC)CO3)cc2C)cc1. The molecule has 2 nitrogen and oxygen atoms in total. The van der Waals surface area contributed by atoms with Crippen LogP contribution >= 0.6 is 0 Å². The lowest BCUT2D eigenvalue weighted by Gasteiger charge is -2.29. The van der Waals surface area contributed by atoms with Crippen LogP contribution < -0.4 is 0 Å². The van der Waals surface area contributed by atoms with Crippen molar-refractivity contribution in [3.05, 3.63) is 59.2 Å². The van der Waals surface area contributed by atoms with Crippen molar-refractivity contribution in [2.75, 3.05) is 13.2 Å². The molecule has 0 saturated carbocycles. The second-order valence-corrected chi connectivity index (χ2v) is 7.50. The Bertz CT molecular complexity index is 682. The summed E-state index contributed by atoms with van der Waals surface area (Å²) < 4.78 is 11.8. The van der Waals surface area contributed by atoms with Gasteiger partial charge >= 0.3 is 0 Å². The second kappa shape index (κ2) is 9.34. The largest absolute Gasteiger partial charge is 0.348 e. The van der Waals surface area contributed by atoms with E-state index in [1.54, 1.807) is 0 Å². The lowest BCUT2D eigenvalue weighted by molar-refractivity contribution is -0.205. The molecule has 0 radical (unpaired) electrons. The molecule has 2 heteroatoms.